The molecule has 0 unspecified atom stereocenters. The molecule has 2 N–H and O–H groups in total. The minimum Gasteiger partial charge on any atom is -0.337 e. The van der Waals surface area contributed by atoms with Crippen molar-refractivity contribution in [3.05, 3.63) is 41.0 Å². The van der Waals surface area contributed by atoms with E-state index in [0.717, 1.165) is 11.1 Å². The topological polar surface area (TPSA) is 87.7 Å². The van der Waals surface area contributed by atoms with Crippen molar-refractivity contribution in [1.29, 1.82) is 0 Å². The lowest BCUT2D eigenvalue weighted by atomic mass is 10.2. The smallest absolute Gasteiger partial charge is 0.232 e. The number of rotatable bonds is 5. The van der Waals surface area contributed by atoms with Crippen LogP contribution in [0.25, 0.3) is 22.6 Å². The van der Waals surface area contributed by atoms with Gasteiger partial charge in [-0.2, -0.15) is 0 Å². The molecule has 2 aromatic heterocycles. The number of H-pyrrole nitrogens is 1. The minimum absolute atomic E-state index is 0.0361. The molecule has 0 aliphatic heterocycles. The van der Waals surface area contributed by atoms with Gasteiger partial charge < -0.3 is 4.98 Å². The largest absolute Gasteiger partial charge is 0.337 e. The Morgan fingerprint density at radius 1 is 1.28 bits per heavy atom. The highest BCUT2D eigenvalue weighted by Gasteiger charge is 2.15. The molecule has 0 atom stereocenters. The summed E-state index contributed by atoms with van der Waals surface area (Å²) in [6.07, 6.45) is 1.74. The highest BCUT2D eigenvalue weighted by atomic mass is 35.5. The molecule has 2 heterocycles. The molecule has 1 aromatic carbocycles. The number of aromatic amines is 1. The Labute approximate surface area is 151 Å². The SMILES string of the molecule is Cc1cnc2nc(-c3cc(NS(=O)(=O)CC(C)C)ccc3Cl)[nH]c2c1. The van der Waals surface area contributed by atoms with Crippen LogP contribution in [-0.2, 0) is 10.0 Å². The summed E-state index contributed by atoms with van der Waals surface area (Å²) < 4.78 is 26.9. The van der Waals surface area contributed by atoms with Gasteiger partial charge in [0.2, 0.25) is 10.0 Å². The Balaban J connectivity index is 1.98. The predicted molar refractivity (Wildman–Crippen MR) is 101 cm³/mol. The van der Waals surface area contributed by atoms with E-state index in [1.807, 2.05) is 26.8 Å². The summed E-state index contributed by atoms with van der Waals surface area (Å²) >= 11 is 6.29. The first-order valence-electron chi connectivity index (χ1n) is 7.86. The number of nitrogens with one attached hydrogen (secondary N) is 2. The molecule has 0 saturated heterocycles. The molecule has 132 valence electrons. The van der Waals surface area contributed by atoms with Crippen LogP contribution in [0.3, 0.4) is 0 Å². The van der Waals surface area contributed by atoms with Gasteiger partial charge >= 0.3 is 0 Å². The maximum Gasteiger partial charge on any atom is 0.232 e. The van der Waals surface area contributed by atoms with Gasteiger partial charge in [0.15, 0.2) is 5.65 Å². The third-order valence-electron chi connectivity index (χ3n) is 3.52. The first-order chi connectivity index (χ1) is 11.7. The van der Waals surface area contributed by atoms with Crippen molar-refractivity contribution in [3.63, 3.8) is 0 Å². The van der Waals surface area contributed by atoms with Crippen LogP contribution in [0.4, 0.5) is 5.69 Å². The fourth-order valence-electron chi connectivity index (χ4n) is 2.56. The summed E-state index contributed by atoms with van der Waals surface area (Å²) in [6, 6.07) is 6.90. The summed E-state index contributed by atoms with van der Waals surface area (Å²) in [6.45, 7) is 5.66. The van der Waals surface area contributed by atoms with Gasteiger partial charge in [-0.25, -0.2) is 18.4 Å². The Morgan fingerprint density at radius 3 is 2.76 bits per heavy atom. The third kappa shape index (κ3) is 4.11. The van der Waals surface area contributed by atoms with Gasteiger partial charge in [-0.3, -0.25) is 4.72 Å². The molecule has 0 aliphatic rings. The van der Waals surface area contributed by atoms with Gasteiger partial charge in [-0.1, -0.05) is 25.4 Å². The molecule has 0 aliphatic carbocycles. The van der Waals surface area contributed by atoms with E-state index in [-0.39, 0.29) is 11.7 Å². The second-order valence-corrected chi connectivity index (χ2v) is 8.62. The van der Waals surface area contributed by atoms with Crippen LogP contribution in [0.5, 0.6) is 0 Å². The van der Waals surface area contributed by atoms with Crippen LogP contribution in [-0.4, -0.2) is 29.1 Å². The number of nitrogens with zero attached hydrogens (tertiary/aromatic N) is 2. The van der Waals surface area contributed by atoms with Crippen molar-refractivity contribution in [3.8, 4) is 11.4 Å². The van der Waals surface area contributed by atoms with Crippen LogP contribution >= 0.6 is 11.6 Å². The average Bonchev–Trinajstić information content (AvgIpc) is 2.90. The number of fused-ring (bicyclic) bond motifs is 1. The number of aryl methyl sites for hydroxylation is 1. The molecular weight excluding hydrogens is 360 g/mol. The number of halogens is 1. The lowest BCUT2D eigenvalue weighted by Gasteiger charge is -2.11. The van der Waals surface area contributed by atoms with E-state index in [1.54, 1.807) is 24.4 Å². The Bertz CT molecular complexity index is 1030. The third-order valence-corrected chi connectivity index (χ3v) is 5.50. The van der Waals surface area contributed by atoms with Crippen LogP contribution in [0, 0.1) is 12.8 Å². The van der Waals surface area contributed by atoms with Crippen LogP contribution in [0.15, 0.2) is 30.5 Å². The van der Waals surface area contributed by atoms with Gasteiger partial charge in [0.25, 0.3) is 0 Å². The zero-order valence-electron chi connectivity index (χ0n) is 14.2. The number of aromatic nitrogens is 3. The van der Waals surface area contributed by atoms with Gasteiger partial charge in [0.1, 0.15) is 5.82 Å². The van der Waals surface area contributed by atoms with Crippen LogP contribution in [0.2, 0.25) is 5.02 Å². The van der Waals surface area contributed by atoms with Gasteiger partial charge in [-0.05, 0) is 42.7 Å². The Morgan fingerprint density at radius 2 is 2.04 bits per heavy atom. The van der Waals surface area contributed by atoms with E-state index in [9.17, 15) is 8.42 Å². The van der Waals surface area contributed by atoms with E-state index >= 15 is 0 Å². The summed E-state index contributed by atoms with van der Waals surface area (Å²) in [5.41, 5.74) is 3.47. The molecule has 3 aromatic rings. The number of hydrogen-bond donors (Lipinski definition) is 2. The maximum absolute atomic E-state index is 12.1. The molecule has 0 amide bonds. The predicted octanol–water partition coefficient (Wildman–Crippen LogP) is 3.98. The quantitative estimate of drug-likeness (QED) is 0.702. The van der Waals surface area contributed by atoms with Crippen molar-refractivity contribution in [2.75, 3.05) is 10.5 Å². The number of imidazole rings is 1. The second-order valence-electron chi connectivity index (χ2n) is 6.44. The summed E-state index contributed by atoms with van der Waals surface area (Å²) in [4.78, 5) is 11.9. The molecule has 0 fully saturated rings. The molecule has 25 heavy (non-hydrogen) atoms. The molecule has 0 radical (unpaired) electrons. The van der Waals surface area contributed by atoms with Gasteiger partial charge in [-0.15, -0.1) is 0 Å². The number of anilines is 1. The molecular formula is C17H19ClN4O2S. The average molecular weight is 379 g/mol. The lowest BCUT2D eigenvalue weighted by molar-refractivity contribution is 0.587. The van der Waals surface area contributed by atoms with Crippen molar-refractivity contribution in [2.24, 2.45) is 5.92 Å². The van der Waals surface area contributed by atoms with Gasteiger partial charge in [0.05, 0.1) is 16.3 Å². The van der Waals surface area contributed by atoms with Crippen molar-refractivity contribution < 1.29 is 8.42 Å². The van der Waals surface area contributed by atoms with E-state index in [4.69, 9.17) is 11.6 Å². The van der Waals surface area contributed by atoms with Crippen molar-refractivity contribution >= 4 is 38.5 Å². The maximum atomic E-state index is 12.1. The molecule has 0 bridgehead atoms. The zero-order valence-corrected chi connectivity index (χ0v) is 15.7. The highest BCUT2D eigenvalue weighted by molar-refractivity contribution is 7.92. The lowest BCUT2D eigenvalue weighted by Crippen LogP contribution is -2.20. The normalized spacial score (nSPS) is 12.0. The fraction of sp³-hybridized carbons (Fsp3) is 0.294. The second kappa shape index (κ2) is 6.65. The molecule has 8 heteroatoms. The van der Waals surface area contributed by atoms with E-state index in [0.29, 0.717) is 27.7 Å². The summed E-state index contributed by atoms with van der Waals surface area (Å²) in [5.74, 6) is 0.635. The molecule has 3 rings (SSSR count). The zero-order chi connectivity index (χ0) is 18.2. The number of sulfonamides is 1. The van der Waals surface area contributed by atoms with Gasteiger partial charge in [0, 0.05) is 17.4 Å². The van der Waals surface area contributed by atoms with Crippen molar-refractivity contribution in [2.45, 2.75) is 20.8 Å². The van der Waals surface area contributed by atoms with Crippen molar-refractivity contribution in [1.82, 2.24) is 15.0 Å². The summed E-state index contributed by atoms with van der Waals surface area (Å²) in [5, 5.41) is 0.475. The first-order valence-corrected chi connectivity index (χ1v) is 9.89. The number of pyridine rings is 1. The Kier molecular flexibility index (Phi) is 4.71. The van der Waals surface area contributed by atoms with E-state index < -0.39 is 10.0 Å². The minimum atomic E-state index is -3.41. The Hall–Kier alpha value is -2.12. The number of hydrogen-bond acceptors (Lipinski definition) is 4. The molecule has 6 nitrogen and oxygen atoms in total. The molecule has 0 saturated carbocycles. The monoisotopic (exact) mass is 378 g/mol. The highest BCUT2D eigenvalue weighted by Crippen LogP contribution is 2.30. The fourth-order valence-corrected chi connectivity index (χ4v) is 4.22. The summed E-state index contributed by atoms with van der Waals surface area (Å²) in [7, 11) is -3.41. The molecule has 0 spiro atoms. The standard InChI is InChI=1S/C17H19ClN4O2S/c1-10(2)9-25(23,24)22-12-4-5-14(18)13(7-12)16-20-15-6-11(3)8-19-17(15)21-16/h4-8,10,22H,9H2,1-3H3,(H,19,20,21). The van der Waals surface area contributed by atoms with Crippen LogP contribution < -0.4 is 4.72 Å². The van der Waals surface area contributed by atoms with E-state index in [2.05, 4.69) is 19.7 Å². The van der Waals surface area contributed by atoms with E-state index in [1.165, 1.54) is 0 Å². The first kappa shape index (κ1) is 17.7. The number of benzene rings is 1. The van der Waals surface area contributed by atoms with Crippen LogP contribution in [0.1, 0.15) is 19.4 Å².